The number of carbonyl (C=O) groups is 1. The number of nitrogens with one attached hydrogen (secondary N) is 2. The number of benzene rings is 1. The summed E-state index contributed by atoms with van der Waals surface area (Å²) < 4.78 is 42.8. The maximum atomic E-state index is 13.0. The molecule has 2 heterocycles. The quantitative estimate of drug-likeness (QED) is 0.820. The minimum Gasteiger partial charge on any atom is -0.406 e. The van der Waals surface area contributed by atoms with Gasteiger partial charge in [0.15, 0.2) is 5.78 Å². The summed E-state index contributed by atoms with van der Waals surface area (Å²) in [6.45, 7) is 3.67. The first-order valence-corrected chi connectivity index (χ1v) is 8.67. The van der Waals surface area contributed by atoms with E-state index in [2.05, 4.69) is 15.2 Å². The zero-order valence-electron chi connectivity index (χ0n) is 15.4. The number of hydrogen-bond donors (Lipinski definition) is 2. The van der Waals surface area contributed by atoms with Crippen molar-refractivity contribution in [2.45, 2.75) is 32.5 Å². The van der Waals surface area contributed by atoms with Gasteiger partial charge < -0.3 is 10.1 Å². The molecule has 2 aliphatic rings. The van der Waals surface area contributed by atoms with E-state index >= 15 is 0 Å². The summed E-state index contributed by atoms with van der Waals surface area (Å²) in [5, 5.41) is 5.87. The van der Waals surface area contributed by atoms with Crippen molar-refractivity contribution in [2.24, 2.45) is 12.5 Å². The molecule has 9 heteroatoms. The molecule has 6 nitrogen and oxygen atoms in total. The van der Waals surface area contributed by atoms with Gasteiger partial charge in [0.05, 0.1) is 5.56 Å². The van der Waals surface area contributed by atoms with Crippen molar-refractivity contribution >= 4 is 11.6 Å². The van der Waals surface area contributed by atoms with Gasteiger partial charge in [0.25, 0.3) is 5.56 Å². The second-order valence-corrected chi connectivity index (χ2v) is 7.72. The highest BCUT2D eigenvalue weighted by Crippen LogP contribution is 2.50. The van der Waals surface area contributed by atoms with Crippen LogP contribution in [0.15, 0.2) is 40.3 Å². The van der Waals surface area contributed by atoms with Crippen molar-refractivity contribution in [3.8, 4) is 5.75 Å². The molecule has 1 aromatic heterocycles. The fourth-order valence-electron chi connectivity index (χ4n) is 3.99. The Balaban J connectivity index is 1.84. The Kier molecular flexibility index (Phi) is 3.79. The highest BCUT2D eigenvalue weighted by molar-refractivity contribution is 6.06. The summed E-state index contributed by atoms with van der Waals surface area (Å²) in [7, 11) is 1.68. The van der Waals surface area contributed by atoms with Gasteiger partial charge in [-0.25, -0.2) is 0 Å². The average molecular weight is 393 g/mol. The number of alkyl halides is 3. The number of H-pyrrole nitrogens is 1. The van der Waals surface area contributed by atoms with Crippen LogP contribution in [0.3, 0.4) is 0 Å². The van der Waals surface area contributed by atoms with Crippen LogP contribution in [0, 0.1) is 5.41 Å². The standard InChI is InChI=1S/C19H18F3N3O3/c1-18(2)8-11-13(15(18)26)12(14-16(23-11)25(3)24-17(14)27)9-4-6-10(7-5-9)28-19(20,21)22/h4-7,12,23H,8H2,1-3H3,(H,24,27). The number of hydrogen-bond acceptors (Lipinski definition) is 4. The zero-order chi connectivity index (χ0) is 20.4. The van der Waals surface area contributed by atoms with Gasteiger partial charge in [-0.05, 0) is 17.7 Å². The van der Waals surface area contributed by atoms with Crippen LogP contribution in [0.5, 0.6) is 5.75 Å². The molecule has 0 fully saturated rings. The third-order valence-electron chi connectivity index (χ3n) is 5.20. The monoisotopic (exact) mass is 393 g/mol. The van der Waals surface area contributed by atoms with Crippen LogP contribution < -0.4 is 15.6 Å². The lowest BCUT2D eigenvalue weighted by Crippen LogP contribution is -2.26. The van der Waals surface area contributed by atoms with Crippen LogP contribution in [-0.4, -0.2) is 21.9 Å². The van der Waals surface area contributed by atoms with Crippen molar-refractivity contribution < 1.29 is 22.7 Å². The molecule has 148 valence electrons. The average Bonchev–Trinajstić information content (AvgIpc) is 2.98. The van der Waals surface area contributed by atoms with Crippen LogP contribution in [0.4, 0.5) is 19.0 Å². The van der Waals surface area contributed by atoms with E-state index in [1.807, 2.05) is 13.8 Å². The Labute approximate surface area is 158 Å². The second kappa shape index (κ2) is 5.76. The first-order chi connectivity index (χ1) is 13.0. The number of carbonyl (C=O) groups excluding carboxylic acids is 1. The van der Waals surface area contributed by atoms with E-state index in [0.717, 1.165) is 5.70 Å². The molecule has 0 spiro atoms. The number of aromatic amines is 1. The summed E-state index contributed by atoms with van der Waals surface area (Å²) in [5.74, 6) is -0.551. The molecule has 0 saturated heterocycles. The van der Waals surface area contributed by atoms with E-state index in [-0.39, 0.29) is 17.1 Å². The summed E-state index contributed by atoms with van der Waals surface area (Å²) in [6, 6.07) is 5.28. The van der Waals surface area contributed by atoms with E-state index in [9.17, 15) is 22.8 Å². The lowest BCUT2D eigenvalue weighted by atomic mass is 9.79. The lowest BCUT2D eigenvalue weighted by molar-refractivity contribution is -0.274. The topological polar surface area (TPSA) is 76.1 Å². The van der Waals surface area contributed by atoms with Crippen molar-refractivity contribution in [3.05, 3.63) is 57.0 Å². The first kappa shape index (κ1) is 18.4. The Bertz CT molecular complexity index is 1060. The predicted molar refractivity (Wildman–Crippen MR) is 95.1 cm³/mol. The van der Waals surface area contributed by atoms with Gasteiger partial charge in [0.1, 0.15) is 11.6 Å². The van der Waals surface area contributed by atoms with Gasteiger partial charge in [-0.3, -0.25) is 19.4 Å². The molecule has 1 atom stereocenters. The summed E-state index contributed by atoms with van der Waals surface area (Å²) >= 11 is 0. The van der Waals surface area contributed by atoms with E-state index < -0.39 is 17.7 Å². The Morgan fingerprint density at radius 3 is 2.43 bits per heavy atom. The minimum absolute atomic E-state index is 0.0791. The number of rotatable bonds is 2. The molecule has 0 radical (unpaired) electrons. The summed E-state index contributed by atoms with van der Waals surface area (Å²) in [4.78, 5) is 25.6. The van der Waals surface area contributed by atoms with Crippen molar-refractivity contribution in [1.82, 2.24) is 9.78 Å². The number of ketones is 1. The molecule has 2 N–H and O–H groups in total. The number of allylic oxidation sites excluding steroid dienone is 2. The van der Waals surface area contributed by atoms with Crippen LogP contribution in [0.2, 0.25) is 0 Å². The zero-order valence-corrected chi connectivity index (χ0v) is 15.4. The van der Waals surface area contributed by atoms with Crippen LogP contribution in [0.25, 0.3) is 0 Å². The number of aryl methyl sites for hydroxylation is 1. The largest absolute Gasteiger partial charge is 0.573 e. The number of aromatic nitrogens is 2. The Morgan fingerprint density at radius 2 is 1.82 bits per heavy atom. The highest BCUT2D eigenvalue weighted by atomic mass is 19.4. The van der Waals surface area contributed by atoms with Crippen LogP contribution >= 0.6 is 0 Å². The van der Waals surface area contributed by atoms with Gasteiger partial charge in [-0.1, -0.05) is 26.0 Å². The van der Waals surface area contributed by atoms with Crippen molar-refractivity contribution in [2.75, 3.05) is 5.32 Å². The predicted octanol–water partition coefficient (Wildman–Crippen LogP) is 3.42. The molecular formula is C19H18F3N3O3. The summed E-state index contributed by atoms with van der Waals surface area (Å²) in [5.41, 5.74) is 1.17. The van der Waals surface area contributed by atoms with E-state index in [0.29, 0.717) is 28.9 Å². The fourth-order valence-corrected chi connectivity index (χ4v) is 3.99. The van der Waals surface area contributed by atoms with E-state index in [4.69, 9.17) is 0 Å². The number of Topliss-reactive ketones (excluding diaryl/α,β-unsaturated/α-hetero) is 1. The van der Waals surface area contributed by atoms with Crippen molar-refractivity contribution in [3.63, 3.8) is 0 Å². The summed E-state index contributed by atoms with van der Waals surface area (Å²) in [6.07, 6.45) is -4.30. The molecule has 0 bridgehead atoms. The number of ether oxygens (including phenoxy) is 1. The highest BCUT2D eigenvalue weighted by Gasteiger charge is 2.47. The van der Waals surface area contributed by atoms with E-state index in [1.165, 1.54) is 24.3 Å². The normalized spacial score (nSPS) is 20.6. The lowest BCUT2D eigenvalue weighted by Gasteiger charge is -2.26. The molecule has 1 aliphatic heterocycles. The van der Waals surface area contributed by atoms with Gasteiger partial charge >= 0.3 is 6.36 Å². The molecular weight excluding hydrogens is 375 g/mol. The maximum absolute atomic E-state index is 13.0. The molecule has 1 aliphatic carbocycles. The van der Waals surface area contributed by atoms with Gasteiger partial charge in [0, 0.05) is 36.1 Å². The molecule has 1 aromatic carbocycles. The smallest absolute Gasteiger partial charge is 0.406 e. The van der Waals surface area contributed by atoms with Crippen LogP contribution in [0.1, 0.15) is 37.3 Å². The van der Waals surface area contributed by atoms with Gasteiger partial charge in [-0.15, -0.1) is 13.2 Å². The minimum atomic E-state index is -4.79. The number of anilines is 1. The molecule has 28 heavy (non-hydrogen) atoms. The fraction of sp³-hybridized carbons (Fsp3) is 0.368. The SMILES string of the molecule is Cn1[nH]c(=O)c2c1NC1=C(C(=O)C(C)(C)C1)C2c1ccc(OC(F)(F)F)cc1. The van der Waals surface area contributed by atoms with Gasteiger partial charge in [-0.2, -0.15) is 0 Å². The van der Waals surface area contributed by atoms with Crippen molar-refractivity contribution in [1.29, 1.82) is 0 Å². The maximum Gasteiger partial charge on any atom is 0.573 e. The second-order valence-electron chi connectivity index (χ2n) is 7.72. The number of fused-ring (bicyclic) bond motifs is 1. The molecule has 0 saturated carbocycles. The number of halogens is 3. The molecule has 2 aromatic rings. The third kappa shape index (κ3) is 2.81. The number of nitrogens with zero attached hydrogens (tertiary/aromatic N) is 1. The Morgan fingerprint density at radius 1 is 1.18 bits per heavy atom. The Hall–Kier alpha value is -2.97. The molecule has 1 unspecified atom stereocenters. The molecule has 4 rings (SSSR count). The van der Waals surface area contributed by atoms with Crippen LogP contribution in [-0.2, 0) is 11.8 Å². The van der Waals surface area contributed by atoms with E-state index in [1.54, 1.807) is 11.7 Å². The third-order valence-corrected chi connectivity index (χ3v) is 5.20. The first-order valence-electron chi connectivity index (χ1n) is 8.67. The molecule has 0 amide bonds. The van der Waals surface area contributed by atoms with Gasteiger partial charge in [0.2, 0.25) is 0 Å².